The summed E-state index contributed by atoms with van der Waals surface area (Å²) in [6.07, 6.45) is -0.367. The molecule has 0 aliphatic rings. The predicted molar refractivity (Wildman–Crippen MR) is 79.6 cm³/mol. The SMILES string of the molecule is Cc1ccc(CNCC(C)NC(=O)OC(C)(C)C)s1. The number of thiophene rings is 1. The molecule has 0 saturated heterocycles. The molecule has 0 radical (unpaired) electrons. The van der Waals surface area contributed by atoms with Gasteiger partial charge in [0.05, 0.1) is 0 Å². The van der Waals surface area contributed by atoms with Gasteiger partial charge in [0.25, 0.3) is 0 Å². The Morgan fingerprint density at radius 3 is 2.63 bits per heavy atom. The number of carbonyl (C=O) groups is 1. The van der Waals surface area contributed by atoms with Crippen molar-refractivity contribution in [3.63, 3.8) is 0 Å². The summed E-state index contributed by atoms with van der Waals surface area (Å²) in [5.74, 6) is 0. The Morgan fingerprint density at radius 1 is 1.42 bits per heavy atom. The number of hydrogen-bond acceptors (Lipinski definition) is 4. The molecule has 0 aliphatic heterocycles. The van der Waals surface area contributed by atoms with Gasteiger partial charge in [-0.05, 0) is 46.8 Å². The number of alkyl carbamates (subject to hydrolysis) is 1. The first kappa shape index (κ1) is 16.0. The lowest BCUT2D eigenvalue weighted by molar-refractivity contribution is 0.0508. The summed E-state index contributed by atoms with van der Waals surface area (Å²) in [6.45, 7) is 11.2. The van der Waals surface area contributed by atoms with Gasteiger partial charge in [0, 0.05) is 28.9 Å². The second kappa shape index (κ2) is 6.91. The van der Waals surface area contributed by atoms with Crippen LogP contribution in [-0.2, 0) is 11.3 Å². The number of nitrogens with one attached hydrogen (secondary N) is 2. The van der Waals surface area contributed by atoms with Gasteiger partial charge in [-0.25, -0.2) is 4.79 Å². The van der Waals surface area contributed by atoms with Crippen LogP contribution >= 0.6 is 11.3 Å². The van der Waals surface area contributed by atoms with Crippen molar-refractivity contribution >= 4 is 17.4 Å². The maximum atomic E-state index is 11.5. The Morgan fingerprint density at radius 2 is 2.11 bits per heavy atom. The van der Waals surface area contributed by atoms with E-state index in [1.165, 1.54) is 9.75 Å². The van der Waals surface area contributed by atoms with E-state index in [0.29, 0.717) is 0 Å². The van der Waals surface area contributed by atoms with Gasteiger partial charge in [0.15, 0.2) is 0 Å². The molecule has 2 N–H and O–H groups in total. The van der Waals surface area contributed by atoms with Crippen LogP contribution in [0.4, 0.5) is 4.79 Å². The summed E-state index contributed by atoms with van der Waals surface area (Å²) in [5.41, 5.74) is -0.453. The van der Waals surface area contributed by atoms with Gasteiger partial charge in [0.1, 0.15) is 5.60 Å². The first-order chi connectivity index (χ1) is 8.76. The third-order valence-corrected chi connectivity index (χ3v) is 3.31. The van der Waals surface area contributed by atoms with E-state index in [1.54, 1.807) is 11.3 Å². The van der Waals surface area contributed by atoms with Crippen molar-refractivity contribution in [2.24, 2.45) is 0 Å². The van der Waals surface area contributed by atoms with Gasteiger partial charge in [0.2, 0.25) is 0 Å². The zero-order valence-corrected chi connectivity index (χ0v) is 13.2. The van der Waals surface area contributed by atoms with Crippen molar-refractivity contribution in [3.8, 4) is 0 Å². The third kappa shape index (κ3) is 7.18. The minimum Gasteiger partial charge on any atom is -0.444 e. The summed E-state index contributed by atoms with van der Waals surface area (Å²) in [5, 5.41) is 6.13. The zero-order valence-electron chi connectivity index (χ0n) is 12.4. The molecule has 0 aromatic carbocycles. The molecular formula is C14H24N2O2S. The van der Waals surface area contributed by atoms with E-state index >= 15 is 0 Å². The summed E-state index contributed by atoms with van der Waals surface area (Å²) in [6, 6.07) is 4.28. The molecule has 0 saturated carbocycles. The Bertz CT molecular complexity index is 410. The molecule has 1 aromatic heterocycles. The smallest absolute Gasteiger partial charge is 0.407 e. The maximum absolute atomic E-state index is 11.5. The fourth-order valence-corrected chi connectivity index (χ4v) is 2.41. The van der Waals surface area contributed by atoms with E-state index in [-0.39, 0.29) is 12.1 Å². The van der Waals surface area contributed by atoms with Crippen LogP contribution in [-0.4, -0.2) is 24.3 Å². The van der Waals surface area contributed by atoms with Crippen LogP contribution in [0.5, 0.6) is 0 Å². The highest BCUT2D eigenvalue weighted by Crippen LogP contribution is 2.14. The van der Waals surface area contributed by atoms with E-state index in [1.807, 2.05) is 27.7 Å². The maximum Gasteiger partial charge on any atom is 0.407 e. The van der Waals surface area contributed by atoms with Crippen molar-refractivity contribution < 1.29 is 9.53 Å². The van der Waals surface area contributed by atoms with Crippen LogP contribution in [0.2, 0.25) is 0 Å². The minimum absolute atomic E-state index is 0.0379. The standard InChI is InChI=1S/C14H24N2O2S/c1-10(16-13(17)18-14(3,4)5)8-15-9-12-7-6-11(2)19-12/h6-7,10,15H,8-9H2,1-5H3,(H,16,17). The lowest BCUT2D eigenvalue weighted by Gasteiger charge is -2.22. The lowest BCUT2D eigenvalue weighted by Crippen LogP contribution is -2.42. The Kier molecular flexibility index (Phi) is 5.82. The molecule has 1 heterocycles. The van der Waals surface area contributed by atoms with Gasteiger partial charge in [-0.3, -0.25) is 0 Å². The van der Waals surface area contributed by atoms with Gasteiger partial charge in [-0.1, -0.05) is 0 Å². The number of hydrogen-bond donors (Lipinski definition) is 2. The summed E-state index contributed by atoms with van der Waals surface area (Å²) < 4.78 is 5.20. The zero-order chi connectivity index (χ0) is 14.5. The van der Waals surface area contributed by atoms with Crippen LogP contribution in [0.3, 0.4) is 0 Å². The molecule has 1 atom stereocenters. The predicted octanol–water partition coefficient (Wildman–Crippen LogP) is 3.06. The average Bonchev–Trinajstić information content (AvgIpc) is 2.60. The Hall–Kier alpha value is -1.07. The molecule has 1 aromatic rings. The molecule has 0 bridgehead atoms. The minimum atomic E-state index is -0.453. The normalized spacial score (nSPS) is 13.1. The van der Waals surface area contributed by atoms with Crippen LogP contribution in [0.25, 0.3) is 0 Å². The number of aryl methyl sites for hydroxylation is 1. The molecule has 1 amide bonds. The topological polar surface area (TPSA) is 50.4 Å². The molecule has 4 nitrogen and oxygen atoms in total. The lowest BCUT2D eigenvalue weighted by atomic mass is 10.2. The number of amides is 1. The van der Waals surface area contributed by atoms with Gasteiger partial charge >= 0.3 is 6.09 Å². The number of carbonyl (C=O) groups excluding carboxylic acids is 1. The van der Waals surface area contributed by atoms with Crippen LogP contribution in [0.15, 0.2) is 12.1 Å². The van der Waals surface area contributed by atoms with E-state index in [4.69, 9.17) is 4.74 Å². The average molecular weight is 284 g/mol. The summed E-state index contributed by atoms with van der Waals surface area (Å²) in [4.78, 5) is 14.2. The van der Waals surface area contributed by atoms with Crippen molar-refractivity contribution in [1.82, 2.24) is 10.6 Å². The van der Waals surface area contributed by atoms with Crippen molar-refractivity contribution in [2.45, 2.75) is 52.8 Å². The molecule has 0 aliphatic carbocycles. The molecule has 5 heteroatoms. The van der Waals surface area contributed by atoms with E-state index in [2.05, 4.69) is 29.7 Å². The van der Waals surface area contributed by atoms with Crippen LogP contribution < -0.4 is 10.6 Å². The van der Waals surface area contributed by atoms with Gasteiger partial charge < -0.3 is 15.4 Å². The highest BCUT2D eigenvalue weighted by Gasteiger charge is 2.17. The van der Waals surface area contributed by atoms with E-state index in [9.17, 15) is 4.79 Å². The van der Waals surface area contributed by atoms with Crippen LogP contribution in [0.1, 0.15) is 37.4 Å². The quantitative estimate of drug-likeness (QED) is 0.873. The van der Waals surface area contributed by atoms with Crippen LogP contribution in [0, 0.1) is 6.92 Å². The fourth-order valence-electron chi connectivity index (χ4n) is 1.55. The fraction of sp³-hybridized carbons (Fsp3) is 0.643. The Balaban J connectivity index is 2.21. The first-order valence-corrected chi connectivity index (χ1v) is 7.33. The highest BCUT2D eigenvalue weighted by molar-refractivity contribution is 7.11. The molecular weight excluding hydrogens is 260 g/mol. The Labute approximate surface area is 119 Å². The van der Waals surface area contributed by atoms with Crippen molar-refractivity contribution in [3.05, 3.63) is 21.9 Å². The second-order valence-electron chi connectivity index (χ2n) is 5.69. The molecule has 1 unspecified atom stereocenters. The summed E-state index contributed by atoms with van der Waals surface area (Å²) >= 11 is 1.79. The summed E-state index contributed by atoms with van der Waals surface area (Å²) in [7, 11) is 0. The largest absolute Gasteiger partial charge is 0.444 e. The molecule has 0 fully saturated rings. The van der Waals surface area contributed by atoms with E-state index < -0.39 is 5.60 Å². The van der Waals surface area contributed by atoms with Gasteiger partial charge in [-0.2, -0.15) is 0 Å². The first-order valence-electron chi connectivity index (χ1n) is 6.52. The number of ether oxygens (including phenoxy) is 1. The van der Waals surface area contributed by atoms with Crippen molar-refractivity contribution in [1.29, 1.82) is 0 Å². The molecule has 108 valence electrons. The molecule has 0 spiro atoms. The van der Waals surface area contributed by atoms with Gasteiger partial charge in [-0.15, -0.1) is 11.3 Å². The van der Waals surface area contributed by atoms with E-state index in [0.717, 1.165) is 13.1 Å². The third-order valence-electron chi connectivity index (χ3n) is 2.31. The van der Waals surface area contributed by atoms with Crippen molar-refractivity contribution in [2.75, 3.05) is 6.54 Å². The molecule has 1 rings (SSSR count). The monoisotopic (exact) mass is 284 g/mol. The second-order valence-corrected chi connectivity index (χ2v) is 7.06. The molecule has 19 heavy (non-hydrogen) atoms. The highest BCUT2D eigenvalue weighted by atomic mass is 32.1. The number of rotatable bonds is 5.